The summed E-state index contributed by atoms with van der Waals surface area (Å²) in [5.41, 5.74) is 8.85. The van der Waals surface area contributed by atoms with Crippen LogP contribution in [0.15, 0.2) is 24.4 Å². The Morgan fingerprint density at radius 2 is 2.07 bits per heavy atom. The van der Waals surface area contributed by atoms with Gasteiger partial charge in [-0.15, -0.1) is 11.3 Å². The third kappa shape index (κ3) is 6.03. The molecule has 3 N–H and O–H groups in total. The Kier molecular flexibility index (Phi) is 7.67. The standard InChI is InChI=1S/C23H32N2O3S/c1-3-4-9-28-23(27)17-7-5-16(6-8-17)12-20(26)22-25-14-21(29-22)18-10-15(2)11-19(24)13-18/h10-11,13-14,16-17,20,26H,3-9,12,24H2,1-2H3. The molecule has 1 aliphatic carbocycles. The summed E-state index contributed by atoms with van der Waals surface area (Å²) in [6, 6.07) is 5.97. The van der Waals surface area contributed by atoms with Crippen LogP contribution in [0.4, 0.5) is 5.69 Å². The smallest absolute Gasteiger partial charge is 0.308 e. The highest BCUT2D eigenvalue weighted by atomic mass is 32.1. The zero-order valence-electron chi connectivity index (χ0n) is 17.4. The van der Waals surface area contributed by atoms with Crippen LogP contribution in [0, 0.1) is 18.8 Å². The van der Waals surface area contributed by atoms with Gasteiger partial charge >= 0.3 is 5.97 Å². The summed E-state index contributed by atoms with van der Waals surface area (Å²) in [5, 5.41) is 11.4. The van der Waals surface area contributed by atoms with Crippen LogP contribution >= 0.6 is 11.3 Å². The lowest BCUT2D eigenvalue weighted by Gasteiger charge is -2.28. The number of nitrogens with two attached hydrogens (primary N) is 1. The van der Waals surface area contributed by atoms with Gasteiger partial charge in [0.15, 0.2) is 0 Å². The maximum Gasteiger partial charge on any atom is 0.308 e. The first-order valence-corrected chi connectivity index (χ1v) is 11.5. The highest BCUT2D eigenvalue weighted by Gasteiger charge is 2.29. The maximum absolute atomic E-state index is 12.1. The number of unbranched alkanes of at least 4 members (excludes halogenated alkanes) is 1. The summed E-state index contributed by atoms with van der Waals surface area (Å²) in [7, 11) is 0. The molecule has 0 aliphatic heterocycles. The highest BCUT2D eigenvalue weighted by molar-refractivity contribution is 7.15. The molecule has 1 heterocycles. The molecule has 0 bridgehead atoms. The number of ether oxygens (including phenoxy) is 1. The van der Waals surface area contributed by atoms with Crippen molar-refractivity contribution in [2.24, 2.45) is 11.8 Å². The van der Waals surface area contributed by atoms with Gasteiger partial charge in [-0.05, 0) is 74.6 Å². The number of aliphatic hydroxyl groups is 1. The number of rotatable bonds is 8. The lowest BCUT2D eigenvalue weighted by molar-refractivity contribution is -0.150. The van der Waals surface area contributed by atoms with Crippen molar-refractivity contribution in [3.8, 4) is 10.4 Å². The molecule has 0 amide bonds. The normalized spacial score (nSPS) is 20.4. The first-order valence-electron chi connectivity index (χ1n) is 10.6. The Labute approximate surface area is 177 Å². The van der Waals surface area contributed by atoms with Gasteiger partial charge in [0, 0.05) is 11.9 Å². The zero-order valence-corrected chi connectivity index (χ0v) is 18.2. The molecule has 0 radical (unpaired) electrons. The number of carbonyl (C=O) groups excluding carboxylic acids is 1. The lowest BCUT2D eigenvalue weighted by atomic mass is 9.79. The van der Waals surface area contributed by atoms with E-state index in [1.807, 2.05) is 25.3 Å². The topological polar surface area (TPSA) is 85.4 Å². The summed E-state index contributed by atoms with van der Waals surface area (Å²) in [6.45, 7) is 4.64. The van der Waals surface area contributed by atoms with Gasteiger partial charge in [0.2, 0.25) is 0 Å². The number of esters is 1. The van der Waals surface area contributed by atoms with E-state index in [9.17, 15) is 9.90 Å². The molecule has 29 heavy (non-hydrogen) atoms. The third-order valence-electron chi connectivity index (χ3n) is 5.67. The van der Waals surface area contributed by atoms with E-state index in [4.69, 9.17) is 10.5 Å². The Morgan fingerprint density at radius 1 is 1.31 bits per heavy atom. The molecule has 1 aromatic carbocycles. The van der Waals surface area contributed by atoms with Crippen molar-refractivity contribution < 1.29 is 14.6 Å². The van der Waals surface area contributed by atoms with E-state index in [0.29, 0.717) is 18.9 Å². The Bertz CT molecular complexity index is 792. The second kappa shape index (κ2) is 10.2. The molecule has 0 saturated heterocycles. The minimum absolute atomic E-state index is 0.0264. The second-order valence-electron chi connectivity index (χ2n) is 8.19. The van der Waals surface area contributed by atoms with Crippen molar-refractivity contribution >= 4 is 23.0 Å². The number of hydrogen-bond donors (Lipinski definition) is 2. The summed E-state index contributed by atoms with van der Waals surface area (Å²) < 4.78 is 5.36. The molecular formula is C23H32N2O3S. The van der Waals surface area contributed by atoms with Crippen LogP contribution < -0.4 is 5.73 Å². The number of anilines is 1. The third-order valence-corrected chi connectivity index (χ3v) is 6.82. The Balaban J connectivity index is 1.51. The van der Waals surface area contributed by atoms with Gasteiger partial charge in [-0.2, -0.15) is 0 Å². The van der Waals surface area contributed by atoms with Gasteiger partial charge in [0.1, 0.15) is 11.1 Å². The van der Waals surface area contributed by atoms with Gasteiger partial charge in [-0.25, -0.2) is 4.98 Å². The van der Waals surface area contributed by atoms with E-state index in [-0.39, 0.29) is 11.9 Å². The molecule has 1 fully saturated rings. The lowest BCUT2D eigenvalue weighted by Crippen LogP contribution is -2.24. The number of hydrogen-bond acceptors (Lipinski definition) is 6. The van der Waals surface area contributed by atoms with E-state index >= 15 is 0 Å². The number of carbonyl (C=O) groups is 1. The predicted octanol–water partition coefficient (Wildman–Crippen LogP) is 5.27. The number of thiazole rings is 1. The maximum atomic E-state index is 12.1. The van der Waals surface area contributed by atoms with E-state index in [1.165, 1.54) is 11.3 Å². The van der Waals surface area contributed by atoms with Gasteiger partial charge in [0.05, 0.1) is 17.4 Å². The fourth-order valence-electron chi connectivity index (χ4n) is 4.02. The van der Waals surface area contributed by atoms with E-state index < -0.39 is 6.10 Å². The molecular weight excluding hydrogens is 384 g/mol. The minimum atomic E-state index is -0.561. The molecule has 1 atom stereocenters. The molecule has 0 spiro atoms. The van der Waals surface area contributed by atoms with Crippen molar-refractivity contribution in [3.05, 3.63) is 35.0 Å². The van der Waals surface area contributed by atoms with E-state index in [0.717, 1.165) is 65.2 Å². The monoisotopic (exact) mass is 416 g/mol. The molecule has 1 unspecified atom stereocenters. The van der Waals surface area contributed by atoms with Crippen LogP contribution in [-0.2, 0) is 9.53 Å². The summed E-state index contributed by atoms with van der Waals surface area (Å²) >= 11 is 1.53. The molecule has 3 rings (SSSR count). The molecule has 1 aromatic heterocycles. The summed E-state index contributed by atoms with van der Waals surface area (Å²) in [6.07, 6.45) is 7.54. The number of nitrogens with zero attached hydrogens (tertiary/aromatic N) is 1. The Morgan fingerprint density at radius 3 is 2.76 bits per heavy atom. The van der Waals surface area contributed by atoms with Crippen LogP contribution in [0.3, 0.4) is 0 Å². The zero-order chi connectivity index (χ0) is 20.8. The van der Waals surface area contributed by atoms with Crippen molar-refractivity contribution in [2.45, 2.75) is 64.9 Å². The van der Waals surface area contributed by atoms with Crippen LogP contribution in [0.25, 0.3) is 10.4 Å². The van der Waals surface area contributed by atoms with E-state index in [1.54, 1.807) is 0 Å². The van der Waals surface area contributed by atoms with Crippen molar-refractivity contribution in [1.82, 2.24) is 4.98 Å². The Hall–Kier alpha value is -1.92. The number of aromatic nitrogens is 1. The average molecular weight is 417 g/mol. The number of aryl methyl sites for hydroxylation is 1. The first-order chi connectivity index (χ1) is 14.0. The van der Waals surface area contributed by atoms with Crippen molar-refractivity contribution in [2.75, 3.05) is 12.3 Å². The van der Waals surface area contributed by atoms with Crippen LogP contribution in [0.1, 0.15) is 68.5 Å². The van der Waals surface area contributed by atoms with Gasteiger partial charge in [-0.3, -0.25) is 4.79 Å². The largest absolute Gasteiger partial charge is 0.465 e. The van der Waals surface area contributed by atoms with Gasteiger partial charge in [-0.1, -0.05) is 19.4 Å². The van der Waals surface area contributed by atoms with Crippen LogP contribution in [-0.4, -0.2) is 22.7 Å². The van der Waals surface area contributed by atoms with E-state index in [2.05, 4.69) is 18.0 Å². The number of benzene rings is 1. The fraction of sp³-hybridized carbons (Fsp3) is 0.565. The van der Waals surface area contributed by atoms with Crippen LogP contribution in [0.5, 0.6) is 0 Å². The number of nitrogen functional groups attached to an aromatic ring is 1. The highest BCUT2D eigenvalue weighted by Crippen LogP contribution is 2.37. The summed E-state index contributed by atoms with van der Waals surface area (Å²) in [4.78, 5) is 17.6. The first kappa shape index (κ1) is 21.8. The second-order valence-corrected chi connectivity index (χ2v) is 9.25. The van der Waals surface area contributed by atoms with Gasteiger partial charge < -0.3 is 15.6 Å². The fourth-order valence-corrected chi connectivity index (χ4v) is 4.92. The molecule has 5 nitrogen and oxygen atoms in total. The quantitative estimate of drug-likeness (QED) is 0.348. The predicted molar refractivity (Wildman–Crippen MR) is 118 cm³/mol. The van der Waals surface area contributed by atoms with Crippen molar-refractivity contribution in [1.29, 1.82) is 0 Å². The molecule has 6 heteroatoms. The van der Waals surface area contributed by atoms with Crippen molar-refractivity contribution in [3.63, 3.8) is 0 Å². The van der Waals surface area contributed by atoms with Crippen LogP contribution in [0.2, 0.25) is 0 Å². The van der Waals surface area contributed by atoms with Gasteiger partial charge in [0.25, 0.3) is 0 Å². The molecule has 158 valence electrons. The molecule has 2 aromatic rings. The SMILES string of the molecule is CCCCOC(=O)C1CCC(CC(O)c2ncc(-c3cc(C)cc(N)c3)s2)CC1. The minimum Gasteiger partial charge on any atom is -0.465 e. The molecule has 1 aliphatic rings. The average Bonchev–Trinajstić information content (AvgIpc) is 3.18. The summed E-state index contributed by atoms with van der Waals surface area (Å²) in [5.74, 6) is 0.407. The number of aliphatic hydroxyl groups excluding tert-OH is 1. The molecule has 1 saturated carbocycles.